The molecule has 0 radical (unpaired) electrons. The third-order valence-corrected chi connectivity index (χ3v) is 7.85. The molecule has 1 unspecified atom stereocenters. The van der Waals surface area contributed by atoms with Crippen LogP contribution in [0.2, 0.25) is 0 Å². The molecule has 14 heteroatoms. The molecule has 220 valence electrons. The van der Waals surface area contributed by atoms with Crippen molar-refractivity contribution in [2.75, 3.05) is 6.54 Å². The molecule has 5 rings (SSSR count). The molecule has 1 saturated heterocycles. The number of benzene rings is 2. The van der Waals surface area contributed by atoms with Gasteiger partial charge in [-0.15, -0.1) is 0 Å². The van der Waals surface area contributed by atoms with E-state index in [9.17, 15) is 34.3 Å². The Kier molecular flexibility index (Phi) is 8.69. The fraction of sp³-hybridized carbons (Fsp3) is 0.429. The van der Waals surface area contributed by atoms with Gasteiger partial charge in [-0.1, -0.05) is 26.0 Å². The van der Waals surface area contributed by atoms with Gasteiger partial charge in [0.25, 0.3) is 11.8 Å². The molecule has 5 N–H and O–H groups in total. The van der Waals surface area contributed by atoms with E-state index in [1.54, 1.807) is 36.4 Å². The highest BCUT2D eigenvalue weighted by molar-refractivity contribution is 6.62. The Labute approximate surface area is 243 Å². The lowest BCUT2D eigenvalue weighted by Crippen LogP contribution is -2.49. The second-order valence-corrected chi connectivity index (χ2v) is 11.5. The molecule has 1 fully saturated rings. The van der Waals surface area contributed by atoms with Gasteiger partial charge in [0, 0.05) is 29.8 Å². The summed E-state index contributed by atoms with van der Waals surface area (Å²) in [6, 6.07) is 7.54. The van der Waals surface area contributed by atoms with Crippen molar-refractivity contribution in [2.45, 2.75) is 64.4 Å². The molecule has 2 aromatic carbocycles. The summed E-state index contributed by atoms with van der Waals surface area (Å²) in [4.78, 5) is 53.3. The maximum atomic E-state index is 13.8. The molecule has 3 aliphatic rings. The van der Waals surface area contributed by atoms with Gasteiger partial charge in [0.15, 0.2) is 0 Å². The van der Waals surface area contributed by atoms with Gasteiger partial charge >= 0.3 is 20.2 Å². The van der Waals surface area contributed by atoms with E-state index in [0.717, 1.165) is 11.1 Å². The van der Waals surface area contributed by atoms with E-state index < -0.39 is 56.1 Å². The Morgan fingerprint density at radius 3 is 2.17 bits per heavy atom. The number of hydrogen-bond acceptors (Lipinski definition) is 8. The van der Waals surface area contributed by atoms with Gasteiger partial charge in [-0.05, 0) is 65.1 Å². The molecule has 12 nitrogen and oxygen atoms in total. The molecule has 3 atom stereocenters. The molecule has 3 amide bonds. The second kappa shape index (κ2) is 12.3. The lowest BCUT2D eigenvalue weighted by Gasteiger charge is -2.27. The minimum atomic E-state index is -1.15. The van der Waals surface area contributed by atoms with Gasteiger partial charge in [0.1, 0.15) is 6.04 Å². The first kappa shape index (κ1) is 29.8. The number of likely N-dealkylation sites (tertiary alicyclic amines) is 1. The fourth-order valence-corrected chi connectivity index (χ4v) is 5.82. The average Bonchev–Trinajstić information content (AvgIpc) is 3.64. The van der Waals surface area contributed by atoms with E-state index in [1.165, 1.54) is 4.90 Å². The van der Waals surface area contributed by atoms with Crippen LogP contribution in [0, 0.1) is 5.92 Å². The number of aliphatic carboxylic acids is 1. The summed E-state index contributed by atoms with van der Waals surface area (Å²) < 4.78 is 10.4. The van der Waals surface area contributed by atoms with Crippen LogP contribution in [0.4, 0.5) is 0 Å². The molecule has 0 saturated carbocycles. The number of carbonyl (C=O) groups excluding carboxylic acids is 3. The van der Waals surface area contributed by atoms with Crippen LogP contribution < -0.4 is 21.6 Å². The Morgan fingerprint density at radius 2 is 1.57 bits per heavy atom. The summed E-state index contributed by atoms with van der Waals surface area (Å²) in [6.45, 7) is 4.35. The summed E-state index contributed by atoms with van der Waals surface area (Å²) >= 11 is 0. The summed E-state index contributed by atoms with van der Waals surface area (Å²) in [5.74, 6) is -2.33. The minimum absolute atomic E-state index is 0.0310. The first-order valence-electron chi connectivity index (χ1n) is 14.0. The zero-order valence-electron chi connectivity index (χ0n) is 23.4. The van der Waals surface area contributed by atoms with Crippen LogP contribution in [0.25, 0.3) is 0 Å². The number of rotatable bonds is 9. The highest BCUT2D eigenvalue weighted by atomic mass is 16.5. The third-order valence-electron chi connectivity index (χ3n) is 7.85. The van der Waals surface area contributed by atoms with Crippen molar-refractivity contribution in [3.8, 4) is 0 Å². The molecule has 0 spiro atoms. The first-order chi connectivity index (χ1) is 20.0. The first-order valence-corrected chi connectivity index (χ1v) is 14.0. The van der Waals surface area contributed by atoms with E-state index in [4.69, 9.17) is 9.31 Å². The largest absolute Gasteiger partial charge is 0.491 e. The summed E-state index contributed by atoms with van der Waals surface area (Å²) in [5, 5.41) is 35.2. The molecule has 0 aromatic heterocycles. The Hall–Kier alpha value is -3.71. The number of nitrogens with one attached hydrogen (secondary N) is 2. The maximum Gasteiger partial charge on any atom is 0.491 e. The van der Waals surface area contributed by atoms with E-state index in [1.807, 2.05) is 13.8 Å². The average molecular weight is 577 g/mol. The SMILES string of the molecule is CC(C)CC(CC(=O)O)NC(=O)[C@@H]1C[C@@H](NC(=O)c2ccc3c(c2)B(O)OC3)CN1C(=O)c1ccc2c(c1)B(O)OC2. The highest BCUT2D eigenvalue weighted by Crippen LogP contribution is 2.24. The number of fused-ring (bicyclic) bond motifs is 2. The van der Waals surface area contributed by atoms with Gasteiger partial charge < -0.3 is 40.0 Å². The molecule has 0 aliphatic carbocycles. The number of nitrogens with zero attached hydrogens (tertiary/aromatic N) is 1. The number of carbonyl (C=O) groups is 4. The third kappa shape index (κ3) is 6.36. The standard InChI is InChI=1S/C28H33B2N3O9/c1-15(2)7-20(11-25(34)35)31-27(37)24-10-21(32-26(36)16-3-5-18-13-41-29(39)22(18)8-16)12-33(24)28(38)17-4-6-19-14-42-30(40)23(19)9-17/h3-6,8-9,15,20-21,24,39-40H,7,10-14H2,1-2H3,(H,31,37)(H,32,36)(H,34,35)/t20?,21-,24+/m1/s1. The molecule has 2 aromatic rings. The van der Waals surface area contributed by atoms with E-state index in [0.29, 0.717) is 22.9 Å². The van der Waals surface area contributed by atoms with Crippen LogP contribution in [0.5, 0.6) is 0 Å². The zero-order valence-corrected chi connectivity index (χ0v) is 23.4. The summed E-state index contributed by atoms with van der Waals surface area (Å²) in [5.41, 5.74) is 3.09. The quantitative estimate of drug-likeness (QED) is 0.238. The van der Waals surface area contributed by atoms with Gasteiger partial charge in [-0.2, -0.15) is 0 Å². The van der Waals surface area contributed by atoms with Crippen LogP contribution in [0.3, 0.4) is 0 Å². The van der Waals surface area contributed by atoms with Crippen LogP contribution in [0.1, 0.15) is 65.0 Å². The van der Waals surface area contributed by atoms with Crippen LogP contribution in [0.15, 0.2) is 36.4 Å². The van der Waals surface area contributed by atoms with E-state index in [-0.39, 0.29) is 44.1 Å². The number of amides is 3. The maximum absolute atomic E-state index is 13.8. The van der Waals surface area contributed by atoms with Crippen molar-refractivity contribution in [3.63, 3.8) is 0 Å². The van der Waals surface area contributed by atoms with Crippen LogP contribution in [-0.4, -0.2) is 82.7 Å². The van der Waals surface area contributed by atoms with Crippen molar-refractivity contribution < 1.29 is 43.6 Å². The van der Waals surface area contributed by atoms with Gasteiger partial charge in [0.2, 0.25) is 5.91 Å². The Morgan fingerprint density at radius 1 is 0.976 bits per heavy atom. The number of carboxylic acid groups (broad SMARTS) is 1. The molecule has 42 heavy (non-hydrogen) atoms. The fourth-order valence-electron chi connectivity index (χ4n) is 5.82. The second-order valence-electron chi connectivity index (χ2n) is 11.5. The Balaban J connectivity index is 1.37. The van der Waals surface area contributed by atoms with Crippen molar-refractivity contribution in [3.05, 3.63) is 58.7 Å². The monoisotopic (exact) mass is 577 g/mol. The zero-order chi connectivity index (χ0) is 30.1. The van der Waals surface area contributed by atoms with Crippen molar-refractivity contribution in [1.29, 1.82) is 0 Å². The van der Waals surface area contributed by atoms with E-state index in [2.05, 4.69) is 10.6 Å². The smallest absolute Gasteiger partial charge is 0.481 e. The molecular formula is C28H33B2N3O9. The predicted octanol–water partition coefficient (Wildman–Crippen LogP) is -0.859. The highest BCUT2D eigenvalue weighted by Gasteiger charge is 2.42. The Bertz CT molecular complexity index is 1400. The summed E-state index contributed by atoms with van der Waals surface area (Å²) in [7, 11) is -2.26. The van der Waals surface area contributed by atoms with E-state index >= 15 is 0 Å². The topological polar surface area (TPSA) is 175 Å². The molecule has 3 heterocycles. The minimum Gasteiger partial charge on any atom is -0.481 e. The molecular weight excluding hydrogens is 544 g/mol. The molecule has 0 bridgehead atoms. The van der Waals surface area contributed by atoms with Gasteiger partial charge in [0.05, 0.1) is 19.6 Å². The van der Waals surface area contributed by atoms with Gasteiger partial charge in [-0.3, -0.25) is 19.2 Å². The lowest BCUT2D eigenvalue weighted by atomic mass is 9.78. The normalized spacial score (nSPS) is 20.0. The van der Waals surface area contributed by atoms with Gasteiger partial charge in [-0.25, -0.2) is 0 Å². The predicted molar refractivity (Wildman–Crippen MR) is 152 cm³/mol. The molecule has 3 aliphatic heterocycles. The van der Waals surface area contributed by atoms with Crippen molar-refractivity contribution in [2.24, 2.45) is 5.92 Å². The summed E-state index contributed by atoms with van der Waals surface area (Å²) in [6.07, 6.45) is 0.287. The van der Waals surface area contributed by atoms with Crippen LogP contribution >= 0.6 is 0 Å². The van der Waals surface area contributed by atoms with Crippen molar-refractivity contribution in [1.82, 2.24) is 15.5 Å². The van der Waals surface area contributed by atoms with Crippen molar-refractivity contribution >= 4 is 48.9 Å². The lowest BCUT2D eigenvalue weighted by molar-refractivity contribution is -0.138. The van der Waals surface area contributed by atoms with Crippen LogP contribution in [-0.2, 0) is 32.1 Å². The number of hydrogen-bond donors (Lipinski definition) is 5. The number of carboxylic acids is 1.